The Kier molecular flexibility index (Phi) is 5.10. The van der Waals surface area contributed by atoms with E-state index in [-0.39, 0.29) is 5.91 Å². The van der Waals surface area contributed by atoms with Crippen molar-refractivity contribution in [1.82, 2.24) is 10.3 Å². The molecule has 4 nitrogen and oxygen atoms in total. The van der Waals surface area contributed by atoms with Gasteiger partial charge in [-0.15, -0.1) is 0 Å². The molecule has 1 rings (SSSR count). The minimum Gasteiger partial charge on any atom is -0.351 e. The van der Waals surface area contributed by atoms with Crippen LogP contribution in [-0.2, 0) is 11.3 Å². The van der Waals surface area contributed by atoms with Crippen LogP contribution in [-0.4, -0.2) is 16.9 Å². The van der Waals surface area contributed by atoms with E-state index < -0.39 is 6.04 Å². The van der Waals surface area contributed by atoms with E-state index in [1.807, 2.05) is 13.0 Å². The van der Waals surface area contributed by atoms with Crippen LogP contribution < -0.4 is 11.1 Å². The summed E-state index contributed by atoms with van der Waals surface area (Å²) in [6, 6.07) is 1.50. The van der Waals surface area contributed by atoms with Gasteiger partial charge in [0.2, 0.25) is 5.91 Å². The molecule has 3 N–H and O–H groups in total. The van der Waals surface area contributed by atoms with Gasteiger partial charge in [0, 0.05) is 18.9 Å². The lowest BCUT2D eigenvalue weighted by Crippen LogP contribution is -2.41. The molecule has 0 aliphatic carbocycles. The van der Waals surface area contributed by atoms with E-state index in [1.54, 1.807) is 12.4 Å². The number of aryl methyl sites for hydroxylation is 1. The summed E-state index contributed by atoms with van der Waals surface area (Å²) in [5.74, 6) is 0.331. The number of amides is 1. The van der Waals surface area contributed by atoms with E-state index in [9.17, 15) is 4.79 Å². The number of carbonyl (C=O) groups is 1. The van der Waals surface area contributed by atoms with Gasteiger partial charge in [0.05, 0.1) is 6.04 Å². The molecule has 0 radical (unpaired) electrons. The van der Waals surface area contributed by atoms with E-state index in [0.717, 1.165) is 11.1 Å². The topological polar surface area (TPSA) is 68.0 Å². The van der Waals surface area contributed by atoms with Crippen LogP contribution in [0.4, 0.5) is 0 Å². The molecule has 0 saturated carbocycles. The largest absolute Gasteiger partial charge is 0.351 e. The highest BCUT2D eigenvalue weighted by molar-refractivity contribution is 5.81. The molecule has 0 saturated heterocycles. The highest BCUT2D eigenvalue weighted by atomic mass is 16.2. The molecular weight excluding hydrogens is 214 g/mol. The summed E-state index contributed by atoms with van der Waals surface area (Å²) in [6.45, 7) is 6.60. The second kappa shape index (κ2) is 6.35. The summed E-state index contributed by atoms with van der Waals surface area (Å²) in [6.07, 6.45) is 4.21. The van der Waals surface area contributed by atoms with Crippen LogP contribution >= 0.6 is 0 Å². The Morgan fingerprint density at radius 2 is 2.24 bits per heavy atom. The molecule has 0 fully saturated rings. The van der Waals surface area contributed by atoms with Gasteiger partial charge in [-0.1, -0.05) is 13.8 Å². The van der Waals surface area contributed by atoms with Crippen LogP contribution in [0.5, 0.6) is 0 Å². The standard InChI is InChI=1S/C13H21N3O/c1-9(2)6-12(14)13(17)16-8-11-7-15-5-4-10(11)3/h4-5,7,9,12H,6,8,14H2,1-3H3,(H,16,17)/t12-/m1/s1. The SMILES string of the molecule is Cc1ccncc1CNC(=O)[C@H](N)CC(C)C. The van der Waals surface area contributed by atoms with E-state index >= 15 is 0 Å². The molecule has 0 aliphatic rings. The first-order chi connectivity index (χ1) is 8.00. The number of nitrogens with zero attached hydrogens (tertiary/aromatic N) is 1. The molecule has 0 spiro atoms. The van der Waals surface area contributed by atoms with Gasteiger partial charge < -0.3 is 11.1 Å². The van der Waals surface area contributed by atoms with Crippen molar-refractivity contribution in [3.05, 3.63) is 29.6 Å². The second-order valence-corrected chi connectivity index (χ2v) is 4.76. The maximum absolute atomic E-state index is 11.7. The number of rotatable bonds is 5. The summed E-state index contributed by atoms with van der Waals surface area (Å²) in [5, 5.41) is 2.84. The lowest BCUT2D eigenvalue weighted by atomic mass is 10.0. The quantitative estimate of drug-likeness (QED) is 0.810. The molecule has 17 heavy (non-hydrogen) atoms. The van der Waals surface area contributed by atoms with E-state index in [0.29, 0.717) is 18.9 Å². The van der Waals surface area contributed by atoms with Gasteiger partial charge in [-0.05, 0) is 36.5 Å². The molecule has 1 aromatic rings. The Morgan fingerprint density at radius 1 is 1.53 bits per heavy atom. The molecule has 1 heterocycles. The number of nitrogens with one attached hydrogen (secondary N) is 1. The highest BCUT2D eigenvalue weighted by Gasteiger charge is 2.14. The van der Waals surface area contributed by atoms with E-state index in [4.69, 9.17) is 5.73 Å². The average molecular weight is 235 g/mol. The Labute approximate surface area is 103 Å². The molecule has 0 unspecified atom stereocenters. The number of carbonyl (C=O) groups excluding carboxylic acids is 1. The molecule has 94 valence electrons. The smallest absolute Gasteiger partial charge is 0.237 e. The molecule has 4 heteroatoms. The number of hydrogen-bond donors (Lipinski definition) is 2. The van der Waals surface area contributed by atoms with Crippen molar-refractivity contribution in [3.63, 3.8) is 0 Å². The maximum Gasteiger partial charge on any atom is 0.237 e. The summed E-state index contributed by atoms with van der Waals surface area (Å²) in [5.41, 5.74) is 7.94. The van der Waals surface area contributed by atoms with Crippen molar-refractivity contribution < 1.29 is 4.79 Å². The fourth-order valence-corrected chi connectivity index (χ4v) is 1.61. The second-order valence-electron chi connectivity index (χ2n) is 4.76. The van der Waals surface area contributed by atoms with Crippen LogP contribution in [0.2, 0.25) is 0 Å². The van der Waals surface area contributed by atoms with Crippen LogP contribution in [0.25, 0.3) is 0 Å². The van der Waals surface area contributed by atoms with Gasteiger partial charge in [-0.25, -0.2) is 0 Å². The first-order valence-corrected chi connectivity index (χ1v) is 5.93. The van der Waals surface area contributed by atoms with Gasteiger partial charge >= 0.3 is 0 Å². The van der Waals surface area contributed by atoms with Gasteiger partial charge in [-0.2, -0.15) is 0 Å². The zero-order chi connectivity index (χ0) is 12.8. The van der Waals surface area contributed by atoms with Gasteiger partial charge in [0.15, 0.2) is 0 Å². The summed E-state index contributed by atoms with van der Waals surface area (Å²) < 4.78 is 0. The van der Waals surface area contributed by atoms with Crippen molar-refractivity contribution in [2.75, 3.05) is 0 Å². The first-order valence-electron chi connectivity index (χ1n) is 5.93. The summed E-state index contributed by atoms with van der Waals surface area (Å²) >= 11 is 0. The Hall–Kier alpha value is -1.42. The zero-order valence-corrected chi connectivity index (χ0v) is 10.7. The zero-order valence-electron chi connectivity index (χ0n) is 10.7. The molecule has 1 amide bonds. The van der Waals surface area contributed by atoms with Crippen molar-refractivity contribution in [2.45, 2.75) is 39.8 Å². The number of nitrogens with two attached hydrogens (primary N) is 1. The molecule has 1 atom stereocenters. The van der Waals surface area contributed by atoms with Crippen LogP contribution in [0.15, 0.2) is 18.5 Å². The van der Waals surface area contributed by atoms with Crippen LogP contribution in [0, 0.1) is 12.8 Å². The molecule has 0 bridgehead atoms. The monoisotopic (exact) mass is 235 g/mol. The fraction of sp³-hybridized carbons (Fsp3) is 0.538. The number of pyridine rings is 1. The van der Waals surface area contributed by atoms with Crippen molar-refractivity contribution in [1.29, 1.82) is 0 Å². The van der Waals surface area contributed by atoms with E-state index in [2.05, 4.69) is 24.1 Å². The minimum atomic E-state index is -0.424. The van der Waals surface area contributed by atoms with Crippen molar-refractivity contribution >= 4 is 5.91 Å². The predicted molar refractivity (Wildman–Crippen MR) is 68.3 cm³/mol. The van der Waals surface area contributed by atoms with Crippen molar-refractivity contribution in [2.24, 2.45) is 11.7 Å². The highest BCUT2D eigenvalue weighted by Crippen LogP contribution is 2.05. The number of aromatic nitrogens is 1. The predicted octanol–water partition coefficient (Wildman–Crippen LogP) is 1.38. The summed E-state index contributed by atoms with van der Waals surface area (Å²) in [7, 11) is 0. The van der Waals surface area contributed by atoms with Gasteiger partial charge in [0.1, 0.15) is 0 Å². The first kappa shape index (κ1) is 13.6. The van der Waals surface area contributed by atoms with Crippen LogP contribution in [0.1, 0.15) is 31.4 Å². The molecule has 0 aromatic carbocycles. The fourth-order valence-electron chi connectivity index (χ4n) is 1.61. The molecule has 1 aromatic heterocycles. The maximum atomic E-state index is 11.7. The summed E-state index contributed by atoms with van der Waals surface area (Å²) in [4.78, 5) is 15.7. The lowest BCUT2D eigenvalue weighted by molar-refractivity contribution is -0.122. The normalized spacial score (nSPS) is 12.5. The third-order valence-corrected chi connectivity index (χ3v) is 2.66. The van der Waals surface area contributed by atoms with Gasteiger partial charge in [-0.3, -0.25) is 9.78 Å². The molecule has 0 aliphatic heterocycles. The van der Waals surface area contributed by atoms with Gasteiger partial charge in [0.25, 0.3) is 0 Å². The Balaban J connectivity index is 2.46. The third-order valence-electron chi connectivity index (χ3n) is 2.66. The molecular formula is C13H21N3O. The van der Waals surface area contributed by atoms with Crippen molar-refractivity contribution in [3.8, 4) is 0 Å². The average Bonchev–Trinajstić information content (AvgIpc) is 2.26. The minimum absolute atomic E-state index is 0.0954. The Morgan fingerprint density at radius 3 is 2.82 bits per heavy atom. The lowest BCUT2D eigenvalue weighted by Gasteiger charge is -2.14. The van der Waals surface area contributed by atoms with E-state index in [1.165, 1.54) is 0 Å². The third kappa shape index (κ3) is 4.53. The van der Waals surface area contributed by atoms with Crippen LogP contribution in [0.3, 0.4) is 0 Å². The Bertz CT molecular complexity index is 377. The number of hydrogen-bond acceptors (Lipinski definition) is 3.